The Morgan fingerprint density at radius 1 is 1.33 bits per heavy atom. The second-order valence-electron chi connectivity index (χ2n) is 4.55. The Morgan fingerprint density at radius 3 is 2.48 bits per heavy atom. The molecule has 21 heavy (non-hydrogen) atoms. The number of nitrogens with zero attached hydrogens (tertiary/aromatic N) is 1. The van der Waals surface area contributed by atoms with E-state index in [0.29, 0.717) is 5.56 Å². The molecule has 4 nitrogen and oxygen atoms in total. The fourth-order valence-corrected chi connectivity index (χ4v) is 1.76. The molecule has 0 aromatic heterocycles. The number of hydrogen-bond acceptors (Lipinski definition) is 2. The molecule has 118 valence electrons. The summed E-state index contributed by atoms with van der Waals surface area (Å²) in [5.74, 6) is -0.378. The van der Waals surface area contributed by atoms with E-state index in [1.807, 2.05) is 0 Å². The molecule has 1 aromatic rings. The lowest BCUT2D eigenvalue weighted by Crippen LogP contribution is -2.44. The second kappa shape index (κ2) is 8.51. The number of urea groups is 1. The molecule has 0 radical (unpaired) electrons. The van der Waals surface area contributed by atoms with Gasteiger partial charge in [0.25, 0.3) is 6.43 Å². The van der Waals surface area contributed by atoms with E-state index in [4.69, 9.17) is 4.74 Å². The van der Waals surface area contributed by atoms with Gasteiger partial charge in [-0.3, -0.25) is 0 Å². The summed E-state index contributed by atoms with van der Waals surface area (Å²) in [4.78, 5) is 13.0. The predicted molar refractivity (Wildman–Crippen MR) is 72.8 cm³/mol. The first kappa shape index (κ1) is 17.3. The van der Waals surface area contributed by atoms with Gasteiger partial charge in [-0.15, -0.1) is 0 Å². The normalized spacial score (nSPS) is 12.3. The van der Waals surface area contributed by atoms with Crippen LogP contribution in [-0.4, -0.2) is 44.2 Å². The Balaban J connectivity index is 2.64. The van der Waals surface area contributed by atoms with Crippen LogP contribution in [0.4, 0.5) is 18.0 Å². The van der Waals surface area contributed by atoms with Gasteiger partial charge in [0, 0.05) is 13.7 Å². The van der Waals surface area contributed by atoms with Gasteiger partial charge in [0.05, 0.1) is 19.2 Å². The van der Waals surface area contributed by atoms with Crippen molar-refractivity contribution in [3.8, 4) is 0 Å². The van der Waals surface area contributed by atoms with Crippen molar-refractivity contribution in [3.63, 3.8) is 0 Å². The highest BCUT2D eigenvalue weighted by Gasteiger charge is 2.19. The number of carbonyl (C=O) groups is 1. The second-order valence-corrected chi connectivity index (χ2v) is 4.55. The van der Waals surface area contributed by atoms with Crippen LogP contribution in [0.15, 0.2) is 24.3 Å². The van der Waals surface area contributed by atoms with E-state index in [9.17, 15) is 18.0 Å². The maximum atomic E-state index is 12.8. The standard InChI is InChI=1S/C14H19F3N2O2/c1-10(11-3-5-12(15)6-4-11)18-14(20)19(7-8-21-2)9-13(16)17/h3-6,10,13H,7-9H2,1-2H3,(H,18,20)/t10-/m0/s1. The minimum absolute atomic E-state index is 0.0722. The Morgan fingerprint density at radius 2 is 1.95 bits per heavy atom. The summed E-state index contributed by atoms with van der Waals surface area (Å²) in [6.45, 7) is 1.28. The SMILES string of the molecule is COCCN(CC(F)F)C(=O)N[C@@H](C)c1ccc(F)cc1. The highest BCUT2D eigenvalue weighted by Crippen LogP contribution is 2.13. The summed E-state index contributed by atoms with van der Waals surface area (Å²) < 4.78 is 42.6. The average molecular weight is 304 g/mol. The van der Waals surface area contributed by atoms with Crippen molar-refractivity contribution < 1.29 is 22.7 Å². The maximum absolute atomic E-state index is 12.8. The molecule has 0 aliphatic rings. The van der Waals surface area contributed by atoms with Crippen LogP contribution >= 0.6 is 0 Å². The van der Waals surface area contributed by atoms with Gasteiger partial charge in [-0.05, 0) is 24.6 Å². The molecule has 1 atom stereocenters. The summed E-state index contributed by atoms with van der Waals surface area (Å²) in [6.07, 6.45) is -2.62. The van der Waals surface area contributed by atoms with Crippen LogP contribution in [0.2, 0.25) is 0 Å². The van der Waals surface area contributed by atoms with Crippen LogP contribution in [0.5, 0.6) is 0 Å². The number of ether oxygens (including phenoxy) is 1. The van der Waals surface area contributed by atoms with E-state index >= 15 is 0 Å². The molecule has 0 aliphatic carbocycles. The van der Waals surface area contributed by atoms with E-state index in [2.05, 4.69) is 5.32 Å². The molecule has 0 aliphatic heterocycles. The molecular weight excluding hydrogens is 285 g/mol. The molecule has 0 bridgehead atoms. The average Bonchev–Trinajstić information content (AvgIpc) is 2.43. The molecule has 7 heteroatoms. The largest absolute Gasteiger partial charge is 0.383 e. The fourth-order valence-electron chi connectivity index (χ4n) is 1.76. The number of carbonyl (C=O) groups excluding carboxylic acids is 1. The summed E-state index contributed by atoms with van der Waals surface area (Å²) >= 11 is 0. The highest BCUT2D eigenvalue weighted by molar-refractivity contribution is 5.74. The number of benzene rings is 1. The third-order valence-corrected chi connectivity index (χ3v) is 2.92. The van der Waals surface area contributed by atoms with Crippen molar-refractivity contribution in [2.45, 2.75) is 19.4 Å². The van der Waals surface area contributed by atoms with Gasteiger partial charge >= 0.3 is 6.03 Å². The van der Waals surface area contributed by atoms with Crippen LogP contribution in [0.3, 0.4) is 0 Å². The van der Waals surface area contributed by atoms with Crippen LogP contribution in [0, 0.1) is 5.82 Å². The number of methoxy groups -OCH3 is 1. The predicted octanol–water partition coefficient (Wildman–Crippen LogP) is 2.81. The molecule has 0 saturated heterocycles. The van der Waals surface area contributed by atoms with Crippen molar-refractivity contribution >= 4 is 6.03 Å². The van der Waals surface area contributed by atoms with E-state index < -0.39 is 25.0 Å². The fraction of sp³-hybridized carbons (Fsp3) is 0.500. The minimum Gasteiger partial charge on any atom is -0.383 e. The maximum Gasteiger partial charge on any atom is 0.318 e. The first-order valence-corrected chi connectivity index (χ1v) is 6.52. The summed E-state index contributed by atoms with van der Waals surface area (Å²) in [6, 6.07) is 4.60. The Hall–Kier alpha value is -1.76. The van der Waals surface area contributed by atoms with Crippen molar-refractivity contribution in [1.82, 2.24) is 10.2 Å². The zero-order valence-corrected chi connectivity index (χ0v) is 12.0. The lowest BCUT2D eigenvalue weighted by molar-refractivity contribution is 0.0827. The van der Waals surface area contributed by atoms with E-state index in [1.54, 1.807) is 6.92 Å². The highest BCUT2D eigenvalue weighted by atomic mass is 19.3. The molecule has 1 N–H and O–H groups in total. The van der Waals surface area contributed by atoms with Gasteiger partial charge in [0.2, 0.25) is 0 Å². The molecule has 2 amide bonds. The molecule has 0 unspecified atom stereocenters. The zero-order chi connectivity index (χ0) is 15.8. The molecular formula is C14H19F3N2O2. The first-order valence-electron chi connectivity index (χ1n) is 6.52. The topological polar surface area (TPSA) is 41.6 Å². The lowest BCUT2D eigenvalue weighted by Gasteiger charge is -2.25. The Labute approximate surface area is 121 Å². The van der Waals surface area contributed by atoms with Gasteiger partial charge in [-0.1, -0.05) is 12.1 Å². The first-order chi connectivity index (χ1) is 9.93. The third kappa shape index (κ3) is 6.03. The summed E-state index contributed by atoms with van der Waals surface area (Å²) in [5.41, 5.74) is 0.688. The lowest BCUT2D eigenvalue weighted by atomic mass is 10.1. The van der Waals surface area contributed by atoms with Crippen LogP contribution in [0.25, 0.3) is 0 Å². The number of nitrogens with one attached hydrogen (secondary N) is 1. The van der Waals surface area contributed by atoms with Crippen molar-refractivity contribution in [3.05, 3.63) is 35.6 Å². The molecule has 1 rings (SSSR count). The van der Waals surface area contributed by atoms with Gasteiger partial charge < -0.3 is 15.0 Å². The molecule has 0 saturated carbocycles. The van der Waals surface area contributed by atoms with Gasteiger partial charge in [-0.2, -0.15) is 0 Å². The van der Waals surface area contributed by atoms with Crippen LogP contribution < -0.4 is 5.32 Å². The summed E-state index contributed by atoms with van der Waals surface area (Å²) in [5, 5.41) is 2.61. The number of rotatable bonds is 7. The van der Waals surface area contributed by atoms with Gasteiger partial charge in [-0.25, -0.2) is 18.0 Å². The van der Waals surface area contributed by atoms with Crippen LogP contribution in [0.1, 0.15) is 18.5 Å². The van der Waals surface area contributed by atoms with Crippen molar-refractivity contribution in [2.75, 3.05) is 26.8 Å². The van der Waals surface area contributed by atoms with E-state index in [1.165, 1.54) is 31.4 Å². The Kier molecular flexibility index (Phi) is 7.01. The van der Waals surface area contributed by atoms with Crippen molar-refractivity contribution in [2.24, 2.45) is 0 Å². The number of halogens is 3. The Bertz CT molecular complexity index is 440. The molecule has 0 heterocycles. The van der Waals surface area contributed by atoms with Gasteiger partial charge in [0.15, 0.2) is 0 Å². The van der Waals surface area contributed by atoms with E-state index in [0.717, 1.165) is 4.90 Å². The number of hydrogen-bond donors (Lipinski definition) is 1. The zero-order valence-electron chi connectivity index (χ0n) is 12.0. The quantitative estimate of drug-likeness (QED) is 0.841. The number of amides is 2. The third-order valence-electron chi connectivity index (χ3n) is 2.92. The molecule has 1 aromatic carbocycles. The van der Waals surface area contributed by atoms with E-state index in [-0.39, 0.29) is 19.0 Å². The number of alkyl halides is 2. The smallest absolute Gasteiger partial charge is 0.318 e. The molecule has 0 spiro atoms. The monoisotopic (exact) mass is 304 g/mol. The van der Waals surface area contributed by atoms with Gasteiger partial charge in [0.1, 0.15) is 5.82 Å². The van der Waals surface area contributed by atoms with Crippen LogP contribution in [-0.2, 0) is 4.74 Å². The molecule has 0 fully saturated rings. The summed E-state index contributed by atoms with van der Waals surface area (Å²) in [7, 11) is 1.43. The van der Waals surface area contributed by atoms with Crippen molar-refractivity contribution in [1.29, 1.82) is 0 Å². The minimum atomic E-state index is -2.62.